The summed E-state index contributed by atoms with van der Waals surface area (Å²) < 4.78 is 66.4. The first-order valence-electron chi connectivity index (χ1n) is 9.00. The van der Waals surface area contributed by atoms with Crippen LogP contribution in [-0.2, 0) is 13.1 Å². The van der Waals surface area contributed by atoms with Crippen LogP contribution >= 0.6 is 0 Å². The predicted octanol–water partition coefficient (Wildman–Crippen LogP) is 3.76. The number of aromatic nitrogens is 3. The maximum Gasteiger partial charge on any atom is 0.391 e. The normalized spacial score (nSPS) is 17.4. The van der Waals surface area contributed by atoms with Gasteiger partial charge in [-0.3, -0.25) is 4.79 Å². The van der Waals surface area contributed by atoms with Gasteiger partial charge in [0.25, 0.3) is 0 Å². The van der Waals surface area contributed by atoms with Crippen molar-refractivity contribution >= 4 is 17.5 Å². The number of anilines is 1. The zero-order valence-corrected chi connectivity index (χ0v) is 16.0. The van der Waals surface area contributed by atoms with E-state index in [9.17, 15) is 31.5 Å². The van der Waals surface area contributed by atoms with Crippen LogP contribution in [0.15, 0.2) is 18.5 Å². The number of hydrogen-bond donors (Lipinski definition) is 1. The summed E-state index contributed by atoms with van der Waals surface area (Å²) in [5.41, 5.74) is 0.0260. The lowest BCUT2D eigenvalue weighted by Crippen LogP contribution is -2.46. The molecule has 30 heavy (non-hydrogen) atoms. The van der Waals surface area contributed by atoms with Gasteiger partial charge in [-0.2, -0.15) is 26.9 Å². The molecule has 12 heteroatoms. The second kappa shape index (κ2) is 8.00. The zero-order valence-electron chi connectivity index (χ0n) is 16.0. The average molecular weight is 431 g/mol. The molecule has 0 radical (unpaired) electrons. The minimum Gasteiger partial charge on any atom is -0.330 e. The van der Waals surface area contributed by atoms with Gasteiger partial charge in [0.2, 0.25) is 11.9 Å². The summed E-state index contributed by atoms with van der Waals surface area (Å²) in [4.78, 5) is 33.2. The van der Waals surface area contributed by atoms with Crippen molar-refractivity contribution in [2.45, 2.75) is 45.6 Å². The van der Waals surface area contributed by atoms with E-state index in [1.807, 2.05) is 0 Å². The van der Waals surface area contributed by atoms with Crippen molar-refractivity contribution in [3.8, 4) is 0 Å². The highest BCUT2D eigenvalue weighted by Gasteiger charge is 2.39. The first-order valence-corrected chi connectivity index (χ1v) is 9.00. The van der Waals surface area contributed by atoms with Crippen LogP contribution in [0.4, 0.5) is 32.4 Å². The van der Waals surface area contributed by atoms with Crippen LogP contribution in [0.25, 0.3) is 0 Å². The lowest BCUT2D eigenvalue weighted by atomic mass is 10.0. The van der Waals surface area contributed by atoms with E-state index in [4.69, 9.17) is 0 Å². The monoisotopic (exact) mass is 431 g/mol. The zero-order chi connectivity index (χ0) is 22.2. The Labute approximate surface area is 167 Å². The maximum atomic E-state index is 13.2. The fourth-order valence-corrected chi connectivity index (χ4v) is 3.16. The number of rotatable bonds is 4. The van der Waals surface area contributed by atoms with Crippen molar-refractivity contribution in [1.82, 2.24) is 19.4 Å². The second-order valence-electron chi connectivity index (χ2n) is 7.17. The van der Waals surface area contributed by atoms with Crippen molar-refractivity contribution in [3.05, 3.63) is 41.7 Å². The topological polar surface area (TPSA) is 80.1 Å². The quantitative estimate of drug-likeness (QED) is 0.454. The first kappa shape index (κ1) is 21.7. The number of amides is 2. The summed E-state index contributed by atoms with van der Waals surface area (Å²) in [7, 11) is 0. The van der Waals surface area contributed by atoms with Gasteiger partial charge in [0.05, 0.1) is 30.2 Å². The molecule has 0 fully saturated rings. The van der Waals surface area contributed by atoms with E-state index in [1.54, 1.807) is 11.5 Å². The molecule has 0 aromatic carbocycles. The van der Waals surface area contributed by atoms with Gasteiger partial charge in [-0.1, -0.05) is 6.92 Å². The van der Waals surface area contributed by atoms with Crippen LogP contribution in [0.5, 0.6) is 0 Å². The van der Waals surface area contributed by atoms with Gasteiger partial charge < -0.3 is 14.8 Å². The van der Waals surface area contributed by atoms with Crippen LogP contribution in [0, 0.1) is 17.8 Å². The van der Waals surface area contributed by atoms with Gasteiger partial charge in [0.1, 0.15) is 5.69 Å². The lowest BCUT2D eigenvalue weighted by Gasteiger charge is -2.34. The van der Waals surface area contributed by atoms with Crippen molar-refractivity contribution < 1.29 is 31.5 Å². The number of pyridine rings is 1. The molecule has 1 aliphatic heterocycles. The molecule has 3 rings (SSSR count). The molecule has 0 saturated heterocycles. The van der Waals surface area contributed by atoms with Crippen molar-refractivity contribution in [3.63, 3.8) is 0 Å². The Bertz CT molecular complexity index is 954. The van der Waals surface area contributed by atoms with Gasteiger partial charge in [0, 0.05) is 31.1 Å². The first-order chi connectivity index (χ1) is 14.0. The molecule has 0 spiro atoms. The summed E-state index contributed by atoms with van der Waals surface area (Å²) in [6.45, 7) is 2.76. The molecule has 2 aromatic heterocycles. The van der Waals surface area contributed by atoms with E-state index >= 15 is 0 Å². The van der Waals surface area contributed by atoms with Gasteiger partial charge in [0.15, 0.2) is 5.78 Å². The van der Waals surface area contributed by atoms with E-state index in [-0.39, 0.29) is 30.5 Å². The maximum absolute atomic E-state index is 13.2. The molecule has 2 aromatic rings. The average Bonchev–Trinajstić information content (AvgIpc) is 3.01. The third-order valence-corrected chi connectivity index (χ3v) is 4.85. The largest absolute Gasteiger partial charge is 0.391 e. The number of Topliss-reactive ketones (excluding diaryl/α,β-unsaturated/α-hetero) is 1. The molecule has 0 saturated carbocycles. The Morgan fingerprint density at radius 1 is 1.27 bits per heavy atom. The smallest absolute Gasteiger partial charge is 0.330 e. The number of alkyl halides is 3. The minimum absolute atomic E-state index is 0.107. The molecule has 3 heterocycles. The number of nitrogens with one attached hydrogen (secondary N) is 1. The minimum atomic E-state index is -4.51. The van der Waals surface area contributed by atoms with Crippen molar-refractivity contribution in [2.24, 2.45) is 5.92 Å². The Kier molecular flexibility index (Phi) is 5.77. The van der Waals surface area contributed by atoms with Crippen LogP contribution in [0.1, 0.15) is 36.5 Å². The fourth-order valence-electron chi connectivity index (χ4n) is 3.16. The molecular weight excluding hydrogens is 413 g/mol. The third kappa shape index (κ3) is 4.57. The summed E-state index contributed by atoms with van der Waals surface area (Å²) in [6, 6.07) is 0.614. The number of urea groups is 1. The third-order valence-electron chi connectivity index (χ3n) is 4.85. The highest BCUT2D eigenvalue weighted by Crippen LogP contribution is 2.30. The lowest BCUT2D eigenvalue weighted by molar-refractivity contribution is -0.168. The number of carbonyl (C=O) groups is 2. The SMILES string of the molecule is C[C@@H]1Cn2cnc(C(=O)C[C@H](C)C(F)(F)F)c2CN1C(=O)Nc1cc(F)nc(F)c1. The van der Waals surface area contributed by atoms with Crippen LogP contribution < -0.4 is 5.32 Å². The molecule has 0 aliphatic carbocycles. The molecule has 7 nitrogen and oxygen atoms in total. The number of imidazole rings is 1. The molecule has 1 N–H and O–H groups in total. The van der Waals surface area contributed by atoms with Gasteiger partial charge >= 0.3 is 12.2 Å². The van der Waals surface area contributed by atoms with E-state index < -0.39 is 42.2 Å². The van der Waals surface area contributed by atoms with E-state index in [0.29, 0.717) is 5.69 Å². The van der Waals surface area contributed by atoms with Crippen LogP contribution in [0.2, 0.25) is 0 Å². The summed E-state index contributed by atoms with van der Waals surface area (Å²) in [5.74, 6) is -4.83. The number of halogens is 5. The summed E-state index contributed by atoms with van der Waals surface area (Å²) in [6.07, 6.45) is -3.92. The number of ketones is 1. The molecule has 2 atom stereocenters. The second-order valence-corrected chi connectivity index (χ2v) is 7.17. The Balaban J connectivity index is 1.78. The summed E-state index contributed by atoms with van der Waals surface area (Å²) in [5, 5.41) is 2.35. The van der Waals surface area contributed by atoms with E-state index in [2.05, 4.69) is 15.3 Å². The van der Waals surface area contributed by atoms with Gasteiger partial charge in [-0.05, 0) is 6.92 Å². The number of fused-ring (bicyclic) bond motifs is 1. The predicted molar refractivity (Wildman–Crippen MR) is 94.6 cm³/mol. The molecule has 0 bridgehead atoms. The molecule has 1 aliphatic rings. The number of hydrogen-bond acceptors (Lipinski definition) is 4. The number of carbonyl (C=O) groups excluding carboxylic acids is 2. The Morgan fingerprint density at radius 2 is 1.90 bits per heavy atom. The van der Waals surface area contributed by atoms with Crippen LogP contribution in [0.3, 0.4) is 0 Å². The molecule has 0 unspecified atom stereocenters. The number of nitrogens with zero attached hydrogens (tertiary/aromatic N) is 4. The molecular formula is C18H18F5N5O2. The molecule has 2 amide bonds. The van der Waals surface area contributed by atoms with E-state index in [0.717, 1.165) is 19.1 Å². The highest BCUT2D eigenvalue weighted by molar-refractivity contribution is 5.96. The van der Waals surface area contributed by atoms with Gasteiger partial charge in [-0.25, -0.2) is 9.78 Å². The Hall–Kier alpha value is -3.05. The standard InChI is InChI=1S/C18H18F5N5O2/c1-9(18(21,22)23)3-13(29)16-12-7-28(10(2)6-27(12)8-24-16)17(30)25-11-4-14(19)26-15(20)5-11/h4-5,8-10H,3,6-7H2,1-2H3,(H,25,26,30)/t9-,10+/m0/s1. The van der Waals surface area contributed by atoms with Crippen molar-refractivity contribution in [1.29, 1.82) is 0 Å². The fraction of sp³-hybridized carbons (Fsp3) is 0.444. The van der Waals surface area contributed by atoms with E-state index in [1.165, 1.54) is 11.2 Å². The van der Waals surface area contributed by atoms with Crippen LogP contribution in [-0.4, -0.2) is 43.5 Å². The van der Waals surface area contributed by atoms with Gasteiger partial charge in [-0.15, -0.1) is 0 Å². The molecule has 162 valence electrons. The Morgan fingerprint density at radius 3 is 2.50 bits per heavy atom. The summed E-state index contributed by atoms with van der Waals surface area (Å²) >= 11 is 0. The highest BCUT2D eigenvalue weighted by atomic mass is 19.4. The van der Waals surface area contributed by atoms with Crippen molar-refractivity contribution in [2.75, 3.05) is 5.32 Å².